The van der Waals surface area contributed by atoms with E-state index < -0.39 is 0 Å². The van der Waals surface area contributed by atoms with Crippen LogP contribution in [0.1, 0.15) is 40.6 Å². The topological polar surface area (TPSA) is 33.6 Å². The quantitative estimate of drug-likeness (QED) is 0.172. The van der Waals surface area contributed by atoms with Crippen molar-refractivity contribution in [2.24, 2.45) is 10.9 Å². The minimum Gasteiger partial charge on any atom is -0.488 e. The summed E-state index contributed by atoms with van der Waals surface area (Å²) in [7, 11) is 0. The van der Waals surface area contributed by atoms with Crippen LogP contribution in [0.4, 0.5) is 11.4 Å². The maximum absolute atomic E-state index is 6.28. The highest BCUT2D eigenvalue weighted by Gasteiger charge is 2.37. The Morgan fingerprint density at radius 2 is 1.65 bits per heavy atom. The third-order valence-corrected chi connectivity index (χ3v) is 8.36. The number of allylic oxidation sites excluding steroid dienone is 2. The highest BCUT2D eigenvalue weighted by Crippen LogP contribution is 2.49. The minimum absolute atomic E-state index is 0.277. The summed E-state index contributed by atoms with van der Waals surface area (Å²) < 4.78 is 6.28. The number of hydrogen-bond acceptors (Lipinski definition) is 3. The first-order valence-electron chi connectivity index (χ1n) is 13.8. The molecule has 1 aliphatic carbocycles. The maximum Gasteiger partial charge on any atom is 0.129 e. The van der Waals surface area contributed by atoms with Crippen LogP contribution in [-0.4, -0.2) is 6.21 Å². The number of anilines is 1. The molecule has 40 heavy (non-hydrogen) atoms. The van der Waals surface area contributed by atoms with Gasteiger partial charge in [-0.25, -0.2) is 0 Å². The van der Waals surface area contributed by atoms with Crippen molar-refractivity contribution in [2.75, 3.05) is 5.32 Å². The van der Waals surface area contributed by atoms with Crippen molar-refractivity contribution in [2.45, 2.75) is 25.0 Å². The Labute approximate surface area is 239 Å². The summed E-state index contributed by atoms with van der Waals surface area (Å²) in [5.74, 6) is 1.80. The monoisotopic (exact) mass is 540 g/mol. The Kier molecular flexibility index (Phi) is 6.59. The summed E-state index contributed by atoms with van der Waals surface area (Å²) in [6.45, 7) is 0.458. The summed E-state index contributed by atoms with van der Waals surface area (Å²) in [5.41, 5.74) is 6.89. The Balaban J connectivity index is 1.15. The van der Waals surface area contributed by atoms with Crippen LogP contribution in [0.25, 0.3) is 10.8 Å². The van der Waals surface area contributed by atoms with Crippen LogP contribution in [0.5, 0.6) is 5.75 Å². The second kappa shape index (κ2) is 10.7. The average Bonchev–Trinajstić information content (AvgIpc) is 3.50. The zero-order chi connectivity index (χ0) is 26.9. The molecule has 0 spiro atoms. The van der Waals surface area contributed by atoms with Crippen molar-refractivity contribution >= 4 is 40.0 Å². The average molecular weight is 541 g/mol. The summed E-state index contributed by atoms with van der Waals surface area (Å²) in [6, 6.07) is 37.9. The van der Waals surface area contributed by atoms with Crippen LogP contribution < -0.4 is 10.1 Å². The van der Waals surface area contributed by atoms with Crippen LogP contribution in [0.15, 0.2) is 126 Å². The Hall–Kier alpha value is -4.34. The molecule has 0 unspecified atom stereocenters. The molecule has 5 aromatic carbocycles. The van der Waals surface area contributed by atoms with Gasteiger partial charge >= 0.3 is 0 Å². The van der Waals surface area contributed by atoms with E-state index in [1.807, 2.05) is 36.5 Å². The zero-order valence-corrected chi connectivity index (χ0v) is 22.8. The summed E-state index contributed by atoms with van der Waals surface area (Å²) in [6.07, 6.45) is 7.74. The fraction of sp³-hybridized carbons (Fsp3) is 0.139. The number of rotatable bonds is 6. The van der Waals surface area contributed by atoms with E-state index in [2.05, 4.69) is 96.3 Å². The van der Waals surface area contributed by atoms with Crippen LogP contribution in [0.3, 0.4) is 0 Å². The Morgan fingerprint density at radius 3 is 2.52 bits per heavy atom. The molecule has 2 aliphatic rings. The molecule has 0 amide bonds. The van der Waals surface area contributed by atoms with Gasteiger partial charge in [0.2, 0.25) is 0 Å². The highest BCUT2D eigenvalue weighted by atomic mass is 35.5. The maximum atomic E-state index is 6.28. The van der Waals surface area contributed by atoms with Crippen molar-refractivity contribution in [1.29, 1.82) is 0 Å². The summed E-state index contributed by atoms with van der Waals surface area (Å²) >= 11 is 6.05. The Morgan fingerprint density at radius 1 is 0.850 bits per heavy atom. The fourth-order valence-electron chi connectivity index (χ4n) is 6.06. The summed E-state index contributed by atoms with van der Waals surface area (Å²) in [4.78, 5) is 4.89. The van der Waals surface area contributed by atoms with E-state index in [-0.39, 0.29) is 6.04 Å². The molecule has 3 atom stereocenters. The number of nitrogens with zero attached hydrogens (tertiary/aromatic N) is 1. The van der Waals surface area contributed by atoms with Gasteiger partial charge in [0.1, 0.15) is 12.4 Å². The van der Waals surface area contributed by atoms with Gasteiger partial charge in [0.15, 0.2) is 0 Å². The number of hydrogen-bond donors (Lipinski definition) is 1. The highest BCUT2D eigenvalue weighted by molar-refractivity contribution is 6.30. The third kappa shape index (κ3) is 4.78. The first-order valence-corrected chi connectivity index (χ1v) is 14.2. The zero-order valence-electron chi connectivity index (χ0n) is 22.0. The van der Waals surface area contributed by atoms with E-state index in [1.165, 1.54) is 16.8 Å². The molecule has 1 heterocycles. The second-order valence-corrected chi connectivity index (χ2v) is 11.0. The molecule has 0 aromatic heterocycles. The van der Waals surface area contributed by atoms with E-state index in [4.69, 9.17) is 21.3 Å². The number of fused-ring (bicyclic) bond motifs is 4. The van der Waals surface area contributed by atoms with Crippen LogP contribution in [-0.2, 0) is 6.61 Å². The lowest BCUT2D eigenvalue weighted by atomic mass is 9.77. The molecule has 196 valence electrons. The van der Waals surface area contributed by atoms with Crippen LogP contribution in [0, 0.1) is 5.92 Å². The number of aliphatic imine (C=N–C) groups is 1. The molecule has 1 aliphatic heterocycles. The number of halogens is 1. The predicted molar refractivity (Wildman–Crippen MR) is 166 cm³/mol. The van der Waals surface area contributed by atoms with E-state index in [1.54, 1.807) is 0 Å². The molecule has 0 radical (unpaired) electrons. The predicted octanol–water partition coefficient (Wildman–Crippen LogP) is 9.65. The van der Waals surface area contributed by atoms with Gasteiger partial charge in [0.05, 0.1) is 11.7 Å². The van der Waals surface area contributed by atoms with E-state index in [0.717, 1.165) is 44.8 Å². The standard InChI is InChI=1S/C36H29ClN2O/c37-27-17-12-24(13-18-27)23-40-35-21-16-25-6-1-2-7-29(25)33(35)22-38-28-19-14-26(15-20-28)36-32-10-5-9-30(32)31-8-3-4-11-34(31)39-36/h1-9,11-22,30,32,36,39H,10,23H2/t30-,32-,36+/m1/s1. The van der Waals surface area contributed by atoms with Gasteiger partial charge in [0, 0.05) is 28.4 Å². The number of ether oxygens (including phenoxy) is 1. The summed E-state index contributed by atoms with van der Waals surface area (Å²) in [5, 5.41) is 6.80. The Bertz CT molecular complexity index is 1720. The second-order valence-electron chi connectivity index (χ2n) is 10.5. The first kappa shape index (κ1) is 24.7. The van der Waals surface area contributed by atoms with Crippen molar-refractivity contribution in [1.82, 2.24) is 0 Å². The third-order valence-electron chi connectivity index (χ3n) is 8.11. The molecular formula is C36H29ClN2O. The van der Waals surface area contributed by atoms with Crippen molar-refractivity contribution in [3.05, 3.63) is 149 Å². The van der Waals surface area contributed by atoms with Gasteiger partial charge < -0.3 is 10.1 Å². The van der Waals surface area contributed by atoms with Crippen molar-refractivity contribution in [3.63, 3.8) is 0 Å². The van der Waals surface area contributed by atoms with E-state index in [0.29, 0.717) is 18.4 Å². The van der Waals surface area contributed by atoms with Crippen molar-refractivity contribution < 1.29 is 4.74 Å². The molecule has 0 saturated carbocycles. The minimum atomic E-state index is 0.277. The molecule has 0 saturated heterocycles. The largest absolute Gasteiger partial charge is 0.488 e. The van der Waals surface area contributed by atoms with Gasteiger partial charge in [-0.2, -0.15) is 0 Å². The lowest BCUT2D eigenvalue weighted by Crippen LogP contribution is -2.28. The first-order chi connectivity index (χ1) is 19.7. The lowest BCUT2D eigenvalue weighted by molar-refractivity contribution is 0.306. The van der Waals surface area contributed by atoms with Gasteiger partial charge in [0.25, 0.3) is 0 Å². The molecule has 3 nitrogen and oxygen atoms in total. The van der Waals surface area contributed by atoms with Gasteiger partial charge in [-0.3, -0.25) is 4.99 Å². The fourth-order valence-corrected chi connectivity index (χ4v) is 6.18. The SMILES string of the molecule is Clc1ccc(COc2ccc3ccccc3c2C=Nc2ccc([C@@H]3Nc4ccccc4[C@H]4C=CC[C@H]43)cc2)cc1. The van der Waals surface area contributed by atoms with Crippen LogP contribution in [0.2, 0.25) is 5.02 Å². The molecule has 0 bridgehead atoms. The molecule has 0 fully saturated rings. The molecule has 7 rings (SSSR count). The van der Waals surface area contributed by atoms with Crippen LogP contribution >= 0.6 is 11.6 Å². The number of benzene rings is 5. The molecular weight excluding hydrogens is 512 g/mol. The molecule has 4 heteroatoms. The van der Waals surface area contributed by atoms with Crippen molar-refractivity contribution in [3.8, 4) is 5.75 Å². The van der Waals surface area contributed by atoms with E-state index >= 15 is 0 Å². The van der Waals surface area contributed by atoms with Gasteiger partial charge in [-0.05, 0) is 76.2 Å². The smallest absolute Gasteiger partial charge is 0.129 e. The van der Waals surface area contributed by atoms with Gasteiger partial charge in [-0.1, -0.05) is 96.5 Å². The van der Waals surface area contributed by atoms with Gasteiger partial charge in [-0.15, -0.1) is 0 Å². The van der Waals surface area contributed by atoms with E-state index in [9.17, 15) is 0 Å². The number of para-hydroxylation sites is 1. The number of nitrogens with one attached hydrogen (secondary N) is 1. The normalized spacial score (nSPS) is 19.4. The molecule has 1 N–H and O–H groups in total. The molecule has 5 aromatic rings. The lowest BCUT2D eigenvalue weighted by Gasteiger charge is -2.37.